The fourth-order valence-corrected chi connectivity index (χ4v) is 5.32. The molecule has 0 heterocycles. The smallest absolute Gasteiger partial charge is 0.333 e. The number of hydrogen-bond donors (Lipinski definition) is 0. The van der Waals surface area contributed by atoms with Crippen molar-refractivity contribution in [3.8, 4) is 11.5 Å². The Labute approximate surface area is 256 Å². The highest BCUT2D eigenvalue weighted by atomic mass is 16.6. The van der Waals surface area contributed by atoms with Crippen LogP contribution in [0.5, 0.6) is 11.5 Å². The van der Waals surface area contributed by atoms with Crippen molar-refractivity contribution < 1.29 is 23.7 Å². The normalized spacial score (nSPS) is 11.9. The van der Waals surface area contributed by atoms with Crippen LogP contribution in [-0.2, 0) is 14.3 Å². The maximum Gasteiger partial charge on any atom is 0.333 e. The number of hydrogen-bond acceptors (Lipinski definition) is 5. The zero-order valence-electron chi connectivity index (χ0n) is 27.1. The molecule has 0 aromatic heterocycles. The minimum absolute atomic E-state index is 0.204. The van der Waals surface area contributed by atoms with Gasteiger partial charge in [-0.25, -0.2) is 4.79 Å². The standard InChI is InChI=1S/C37H58O5/c1-6-7-8-9-10-11-12-13-14-15-16-17-18-19-20-23-26-40-28-32(42-37(38)30(2)3)29-41-36-31(4)27-35(39-5)33-24-21-22-25-34(33)36/h21-22,24-25,27,32H,2,6-20,23,26,28-29H2,1,3-5H3. The minimum Gasteiger partial charge on any atom is -0.496 e. The molecule has 0 aliphatic heterocycles. The third kappa shape index (κ3) is 14.1. The van der Waals surface area contributed by atoms with Crippen LogP contribution in [0.3, 0.4) is 0 Å². The molecule has 0 bridgehead atoms. The Bertz CT molecular complexity index is 1030. The molecule has 0 radical (unpaired) electrons. The molecule has 2 aromatic rings. The Balaban J connectivity index is 1.62. The highest BCUT2D eigenvalue weighted by Crippen LogP contribution is 2.36. The fraction of sp³-hybridized carbons (Fsp3) is 0.649. The monoisotopic (exact) mass is 582 g/mol. The number of carbonyl (C=O) groups excluding carboxylic acids is 1. The molecule has 5 heteroatoms. The first-order chi connectivity index (χ1) is 20.5. The largest absolute Gasteiger partial charge is 0.496 e. The van der Waals surface area contributed by atoms with Gasteiger partial charge in [0.25, 0.3) is 0 Å². The van der Waals surface area contributed by atoms with Gasteiger partial charge in [-0.15, -0.1) is 0 Å². The zero-order valence-corrected chi connectivity index (χ0v) is 27.1. The zero-order chi connectivity index (χ0) is 30.4. The summed E-state index contributed by atoms with van der Waals surface area (Å²) in [4.78, 5) is 12.3. The van der Waals surface area contributed by atoms with Gasteiger partial charge < -0.3 is 18.9 Å². The summed E-state index contributed by atoms with van der Waals surface area (Å²) in [5.41, 5.74) is 1.33. The van der Waals surface area contributed by atoms with Crippen LogP contribution in [0.1, 0.15) is 122 Å². The number of aryl methyl sites for hydroxylation is 1. The molecule has 0 N–H and O–H groups in total. The van der Waals surface area contributed by atoms with Crippen molar-refractivity contribution in [1.29, 1.82) is 0 Å². The van der Waals surface area contributed by atoms with Gasteiger partial charge in [-0.1, -0.05) is 134 Å². The highest BCUT2D eigenvalue weighted by Gasteiger charge is 2.19. The Morgan fingerprint density at radius 1 is 0.786 bits per heavy atom. The molecule has 0 aliphatic carbocycles. The lowest BCUT2D eigenvalue weighted by Gasteiger charge is -2.21. The number of methoxy groups -OCH3 is 1. The first-order valence-electron chi connectivity index (χ1n) is 16.6. The van der Waals surface area contributed by atoms with Crippen molar-refractivity contribution in [3.05, 3.63) is 48.0 Å². The molecule has 236 valence electrons. The van der Waals surface area contributed by atoms with Crippen LogP contribution in [0.4, 0.5) is 0 Å². The molecule has 0 saturated carbocycles. The molecule has 0 spiro atoms. The predicted molar refractivity (Wildman–Crippen MR) is 176 cm³/mol. The van der Waals surface area contributed by atoms with Crippen molar-refractivity contribution in [3.63, 3.8) is 0 Å². The summed E-state index contributed by atoms with van der Waals surface area (Å²) >= 11 is 0. The maximum absolute atomic E-state index is 12.3. The van der Waals surface area contributed by atoms with Crippen LogP contribution in [-0.4, -0.2) is 39.0 Å². The number of esters is 1. The van der Waals surface area contributed by atoms with E-state index in [2.05, 4.69) is 13.5 Å². The molecule has 0 aliphatic rings. The van der Waals surface area contributed by atoms with Gasteiger partial charge in [-0.3, -0.25) is 0 Å². The van der Waals surface area contributed by atoms with E-state index in [9.17, 15) is 4.79 Å². The van der Waals surface area contributed by atoms with Crippen LogP contribution in [0.25, 0.3) is 10.8 Å². The summed E-state index contributed by atoms with van der Waals surface area (Å²) in [6.07, 6.45) is 21.0. The van der Waals surface area contributed by atoms with Gasteiger partial charge in [0.2, 0.25) is 0 Å². The lowest BCUT2D eigenvalue weighted by atomic mass is 10.0. The maximum atomic E-state index is 12.3. The lowest BCUT2D eigenvalue weighted by Crippen LogP contribution is -2.30. The molecule has 1 atom stereocenters. The van der Waals surface area contributed by atoms with Crippen LogP contribution in [0.15, 0.2) is 42.5 Å². The van der Waals surface area contributed by atoms with E-state index in [-0.39, 0.29) is 6.61 Å². The average molecular weight is 583 g/mol. The summed E-state index contributed by atoms with van der Waals surface area (Å²) in [5.74, 6) is 1.15. The van der Waals surface area contributed by atoms with Gasteiger partial charge in [0.15, 0.2) is 6.10 Å². The summed E-state index contributed by atoms with van der Waals surface area (Å²) in [6, 6.07) is 9.96. The van der Waals surface area contributed by atoms with Crippen LogP contribution in [0, 0.1) is 6.92 Å². The van der Waals surface area contributed by atoms with Crippen LogP contribution < -0.4 is 9.47 Å². The number of fused-ring (bicyclic) bond motifs is 1. The van der Waals surface area contributed by atoms with Crippen LogP contribution >= 0.6 is 0 Å². The number of carbonyl (C=O) groups is 1. The van der Waals surface area contributed by atoms with Gasteiger partial charge in [0, 0.05) is 23.0 Å². The van der Waals surface area contributed by atoms with Crippen molar-refractivity contribution in [1.82, 2.24) is 0 Å². The Hall–Kier alpha value is -2.53. The topological polar surface area (TPSA) is 54.0 Å². The summed E-state index contributed by atoms with van der Waals surface area (Å²) < 4.78 is 23.4. The van der Waals surface area contributed by atoms with Gasteiger partial charge in [-0.05, 0) is 31.9 Å². The van der Waals surface area contributed by atoms with Gasteiger partial charge in [0.1, 0.15) is 18.1 Å². The second kappa shape index (κ2) is 22.1. The van der Waals surface area contributed by atoms with E-state index in [4.69, 9.17) is 18.9 Å². The van der Waals surface area contributed by atoms with Crippen molar-refractivity contribution in [2.24, 2.45) is 0 Å². The third-order valence-electron chi connectivity index (χ3n) is 7.84. The van der Waals surface area contributed by atoms with Gasteiger partial charge >= 0.3 is 5.97 Å². The van der Waals surface area contributed by atoms with Crippen molar-refractivity contribution in [2.45, 2.75) is 130 Å². The first-order valence-corrected chi connectivity index (χ1v) is 16.6. The molecule has 0 saturated heterocycles. The SMILES string of the molecule is C=C(C)C(=O)OC(COCCCCCCCCCCCCCCCCCC)COc1c(C)cc(OC)c2ccccc12. The Morgan fingerprint density at radius 3 is 1.83 bits per heavy atom. The molecule has 0 fully saturated rings. The van der Waals surface area contributed by atoms with Crippen molar-refractivity contribution >= 4 is 16.7 Å². The van der Waals surface area contributed by atoms with E-state index in [1.165, 1.54) is 96.3 Å². The summed E-state index contributed by atoms with van der Waals surface area (Å²) in [7, 11) is 1.67. The van der Waals surface area contributed by atoms with Crippen molar-refractivity contribution in [2.75, 3.05) is 26.9 Å². The van der Waals surface area contributed by atoms with E-state index in [0.717, 1.165) is 34.3 Å². The van der Waals surface area contributed by atoms with E-state index >= 15 is 0 Å². The van der Waals surface area contributed by atoms with Gasteiger partial charge in [0.05, 0.1) is 13.7 Å². The third-order valence-corrected chi connectivity index (χ3v) is 7.84. The van der Waals surface area contributed by atoms with Gasteiger partial charge in [-0.2, -0.15) is 0 Å². The van der Waals surface area contributed by atoms with E-state index < -0.39 is 12.1 Å². The predicted octanol–water partition coefficient (Wildman–Crippen LogP) is 10.3. The molecule has 1 unspecified atom stereocenters. The quantitative estimate of drug-likeness (QED) is 0.0662. The molecule has 2 aromatic carbocycles. The molecular formula is C37H58O5. The molecule has 2 rings (SSSR count). The van der Waals surface area contributed by atoms with E-state index in [1.807, 2.05) is 37.3 Å². The fourth-order valence-electron chi connectivity index (χ4n) is 5.32. The second-order valence-corrected chi connectivity index (χ2v) is 11.8. The molecular weight excluding hydrogens is 524 g/mol. The Morgan fingerprint density at radius 2 is 1.31 bits per heavy atom. The molecule has 5 nitrogen and oxygen atoms in total. The summed E-state index contributed by atoms with van der Waals surface area (Å²) in [5, 5.41) is 1.95. The van der Waals surface area contributed by atoms with Crippen LogP contribution in [0.2, 0.25) is 0 Å². The average Bonchev–Trinajstić information content (AvgIpc) is 2.99. The first kappa shape index (κ1) is 35.7. The number of benzene rings is 2. The lowest BCUT2D eigenvalue weighted by molar-refractivity contribution is -0.149. The highest BCUT2D eigenvalue weighted by molar-refractivity contribution is 5.94. The Kier molecular flexibility index (Phi) is 18.7. The molecule has 0 amide bonds. The molecule has 42 heavy (non-hydrogen) atoms. The second-order valence-electron chi connectivity index (χ2n) is 11.8. The number of unbranched alkanes of at least 4 members (excludes halogenated alkanes) is 15. The van der Waals surface area contributed by atoms with E-state index in [0.29, 0.717) is 18.8 Å². The minimum atomic E-state index is -0.518. The number of ether oxygens (including phenoxy) is 4. The summed E-state index contributed by atoms with van der Waals surface area (Å²) in [6.45, 7) is 10.8. The number of rotatable bonds is 25. The van der Waals surface area contributed by atoms with E-state index in [1.54, 1.807) is 14.0 Å².